The van der Waals surface area contributed by atoms with E-state index in [9.17, 15) is 9.59 Å². The fourth-order valence-corrected chi connectivity index (χ4v) is 2.94. The molecule has 1 aromatic carbocycles. The lowest BCUT2D eigenvalue weighted by Gasteiger charge is -2.15. The van der Waals surface area contributed by atoms with E-state index in [4.69, 9.17) is 21.1 Å². The number of ketones is 1. The van der Waals surface area contributed by atoms with Crippen molar-refractivity contribution < 1.29 is 19.1 Å². The van der Waals surface area contributed by atoms with Gasteiger partial charge in [-0.15, -0.1) is 0 Å². The first kappa shape index (κ1) is 14.1. The number of Topliss-reactive ketones (excluding diaryl/α,β-unsaturated/α-hetero) is 1. The van der Waals surface area contributed by atoms with E-state index < -0.39 is 5.41 Å². The molecule has 3 rings (SSSR count). The van der Waals surface area contributed by atoms with Crippen molar-refractivity contribution in [3.05, 3.63) is 46.2 Å². The summed E-state index contributed by atoms with van der Waals surface area (Å²) in [6.45, 7) is 0.426. The van der Waals surface area contributed by atoms with E-state index in [1.54, 1.807) is 24.3 Å². The van der Waals surface area contributed by atoms with E-state index in [1.165, 1.54) is 7.11 Å². The Balaban J connectivity index is 1.98. The van der Waals surface area contributed by atoms with Crippen LogP contribution in [0.1, 0.15) is 29.6 Å². The van der Waals surface area contributed by atoms with Gasteiger partial charge in [-0.1, -0.05) is 23.7 Å². The summed E-state index contributed by atoms with van der Waals surface area (Å²) in [5.74, 6) is 0.0512. The Morgan fingerprint density at radius 3 is 2.71 bits per heavy atom. The highest BCUT2D eigenvalue weighted by Crippen LogP contribution is 2.56. The van der Waals surface area contributed by atoms with E-state index in [0.717, 1.165) is 0 Å². The average molecular weight is 307 g/mol. The van der Waals surface area contributed by atoms with Gasteiger partial charge in [0, 0.05) is 22.6 Å². The summed E-state index contributed by atoms with van der Waals surface area (Å²) >= 11 is 5.93. The Labute approximate surface area is 127 Å². The highest BCUT2D eigenvalue weighted by atomic mass is 35.5. The van der Waals surface area contributed by atoms with Crippen LogP contribution in [0.2, 0.25) is 5.02 Å². The van der Waals surface area contributed by atoms with Gasteiger partial charge in [0.25, 0.3) is 0 Å². The van der Waals surface area contributed by atoms with E-state index >= 15 is 0 Å². The Morgan fingerprint density at radius 2 is 2.10 bits per heavy atom. The molecule has 1 saturated carbocycles. The number of carbonyl (C=O) groups excluding carboxylic acids is 2. The first-order valence-corrected chi connectivity index (χ1v) is 7.21. The topological polar surface area (TPSA) is 52.6 Å². The molecule has 5 heteroatoms. The lowest BCUT2D eigenvalue weighted by atomic mass is 9.94. The van der Waals surface area contributed by atoms with Crippen LogP contribution in [0.3, 0.4) is 0 Å². The van der Waals surface area contributed by atoms with Crippen LogP contribution in [0.25, 0.3) is 0 Å². The third kappa shape index (κ3) is 2.33. The van der Waals surface area contributed by atoms with E-state index in [-0.39, 0.29) is 11.8 Å². The maximum Gasteiger partial charge on any atom is 0.319 e. The third-order valence-electron chi connectivity index (χ3n) is 3.99. The number of carbonyl (C=O) groups is 2. The smallest absolute Gasteiger partial charge is 0.319 e. The molecule has 4 nitrogen and oxygen atoms in total. The summed E-state index contributed by atoms with van der Waals surface area (Å²) in [6.07, 6.45) is 1.85. The number of rotatable bonds is 4. The van der Waals surface area contributed by atoms with Crippen molar-refractivity contribution in [1.29, 1.82) is 0 Å². The predicted octanol–water partition coefficient (Wildman–Crippen LogP) is 3.15. The summed E-state index contributed by atoms with van der Waals surface area (Å²) < 4.78 is 10.5. The van der Waals surface area contributed by atoms with Gasteiger partial charge in [-0.3, -0.25) is 9.59 Å². The largest absolute Gasteiger partial charge is 0.496 e. The molecule has 0 bridgehead atoms. The van der Waals surface area contributed by atoms with Crippen LogP contribution in [0.4, 0.5) is 0 Å². The number of ether oxygens (including phenoxy) is 2. The van der Waals surface area contributed by atoms with Crippen molar-refractivity contribution in [2.75, 3.05) is 13.7 Å². The molecule has 1 aromatic rings. The molecule has 0 aromatic heterocycles. The summed E-state index contributed by atoms with van der Waals surface area (Å²) in [4.78, 5) is 24.6. The van der Waals surface area contributed by atoms with E-state index in [2.05, 4.69) is 0 Å². The Bertz CT molecular complexity index is 643. The summed E-state index contributed by atoms with van der Waals surface area (Å²) in [7, 11) is 1.36. The van der Waals surface area contributed by atoms with Crippen LogP contribution in [-0.4, -0.2) is 25.5 Å². The Hall–Kier alpha value is -1.81. The zero-order chi connectivity index (χ0) is 15.0. The monoisotopic (exact) mass is 306 g/mol. The van der Waals surface area contributed by atoms with Crippen molar-refractivity contribution in [2.24, 2.45) is 5.41 Å². The lowest BCUT2D eigenvalue weighted by molar-refractivity contribution is -0.146. The predicted molar refractivity (Wildman–Crippen MR) is 77.1 cm³/mol. The molecule has 1 aliphatic carbocycles. The van der Waals surface area contributed by atoms with Crippen molar-refractivity contribution in [1.82, 2.24) is 0 Å². The van der Waals surface area contributed by atoms with E-state index in [1.807, 2.05) is 0 Å². The molecule has 0 saturated heterocycles. The van der Waals surface area contributed by atoms with Crippen LogP contribution in [-0.2, 0) is 14.3 Å². The standard InChI is InChI=1S/C16H15ClO4/c1-20-15(19)16(6-7-16)14-12(5-8-21-14)13(18)10-3-2-4-11(17)9-10/h2-4,9H,5-8H2,1H3. The Kier molecular flexibility index (Phi) is 3.49. The average Bonchev–Trinajstić information content (AvgIpc) is 3.15. The number of esters is 1. The van der Waals surface area contributed by atoms with Crippen LogP contribution in [0, 0.1) is 5.41 Å². The van der Waals surface area contributed by atoms with Crippen molar-refractivity contribution >= 4 is 23.4 Å². The maximum atomic E-state index is 12.6. The molecular formula is C16H15ClO4. The second-order valence-corrected chi connectivity index (χ2v) is 5.76. The first-order chi connectivity index (χ1) is 10.1. The molecule has 0 radical (unpaired) electrons. The molecule has 0 atom stereocenters. The molecule has 0 amide bonds. The number of benzene rings is 1. The summed E-state index contributed by atoms with van der Waals surface area (Å²) in [5.41, 5.74) is 0.343. The molecule has 0 unspecified atom stereocenters. The van der Waals surface area contributed by atoms with Crippen molar-refractivity contribution in [3.8, 4) is 0 Å². The SMILES string of the molecule is COC(=O)C1(C2=C(C(=O)c3cccc(Cl)c3)CCO2)CC1. The normalized spacial score (nSPS) is 19.1. The van der Waals surface area contributed by atoms with Crippen LogP contribution in [0.15, 0.2) is 35.6 Å². The second kappa shape index (κ2) is 5.19. The quantitative estimate of drug-likeness (QED) is 0.633. The van der Waals surface area contributed by atoms with Gasteiger partial charge < -0.3 is 9.47 Å². The van der Waals surface area contributed by atoms with Crippen LogP contribution in [0.5, 0.6) is 0 Å². The highest BCUT2D eigenvalue weighted by Gasteiger charge is 2.58. The van der Waals surface area contributed by atoms with E-state index in [0.29, 0.717) is 47.8 Å². The molecule has 21 heavy (non-hydrogen) atoms. The number of hydrogen-bond acceptors (Lipinski definition) is 4. The zero-order valence-electron chi connectivity index (χ0n) is 11.6. The van der Waals surface area contributed by atoms with Gasteiger partial charge >= 0.3 is 5.97 Å². The highest BCUT2D eigenvalue weighted by molar-refractivity contribution is 6.31. The van der Waals surface area contributed by atoms with Gasteiger partial charge in [-0.2, -0.15) is 0 Å². The summed E-state index contributed by atoms with van der Waals surface area (Å²) in [5, 5.41) is 0.510. The molecule has 110 valence electrons. The molecule has 1 aliphatic heterocycles. The molecule has 1 fully saturated rings. The number of methoxy groups -OCH3 is 1. The minimum absolute atomic E-state index is 0.125. The molecular weight excluding hydrogens is 292 g/mol. The molecule has 1 heterocycles. The summed E-state index contributed by atoms with van der Waals surface area (Å²) in [6, 6.07) is 6.80. The zero-order valence-corrected chi connectivity index (χ0v) is 12.4. The fourth-order valence-electron chi connectivity index (χ4n) is 2.75. The maximum absolute atomic E-state index is 12.6. The minimum Gasteiger partial charge on any atom is -0.496 e. The van der Waals surface area contributed by atoms with Gasteiger partial charge in [-0.05, 0) is 25.0 Å². The Morgan fingerprint density at radius 1 is 1.33 bits per heavy atom. The van der Waals surface area contributed by atoms with Gasteiger partial charge in [0.2, 0.25) is 0 Å². The number of hydrogen-bond donors (Lipinski definition) is 0. The van der Waals surface area contributed by atoms with Gasteiger partial charge in [0.05, 0.1) is 13.7 Å². The molecule has 0 N–H and O–H groups in total. The lowest BCUT2D eigenvalue weighted by Crippen LogP contribution is -2.22. The van der Waals surface area contributed by atoms with Gasteiger partial charge in [0.15, 0.2) is 5.78 Å². The number of halogens is 1. The fraction of sp³-hybridized carbons (Fsp3) is 0.375. The first-order valence-electron chi connectivity index (χ1n) is 6.83. The van der Waals surface area contributed by atoms with Crippen LogP contribution >= 0.6 is 11.6 Å². The molecule has 2 aliphatic rings. The van der Waals surface area contributed by atoms with Crippen LogP contribution < -0.4 is 0 Å². The van der Waals surface area contributed by atoms with Crippen molar-refractivity contribution in [2.45, 2.75) is 19.3 Å². The minimum atomic E-state index is -0.741. The third-order valence-corrected chi connectivity index (χ3v) is 4.23. The second-order valence-electron chi connectivity index (χ2n) is 5.32. The van der Waals surface area contributed by atoms with Gasteiger partial charge in [-0.25, -0.2) is 0 Å². The van der Waals surface area contributed by atoms with Crippen molar-refractivity contribution in [3.63, 3.8) is 0 Å². The molecule has 0 spiro atoms. The van der Waals surface area contributed by atoms with Gasteiger partial charge in [0.1, 0.15) is 11.2 Å².